The van der Waals surface area contributed by atoms with Gasteiger partial charge in [-0.25, -0.2) is 19.0 Å². The molecule has 0 aromatic carbocycles. The number of nitrogens with zero attached hydrogens (tertiary/aromatic N) is 9. The average molecular weight is 468 g/mol. The van der Waals surface area contributed by atoms with Crippen LogP contribution in [0.1, 0.15) is 27.2 Å². The number of nitriles is 2. The van der Waals surface area contributed by atoms with Gasteiger partial charge in [-0.3, -0.25) is 4.79 Å². The smallest absolute Gasteiger partial charge is 0.365 e. The fraction of sp³-hybridized carbons (Fsp3) is 0.0526. The van der Waals surface area contributed by atoms with Crippen LogP contribution in [0.4, 0.5) is 17.6 Å². The number of pyridine rings is 2. The highest BCUT2D eigenvalue weighted by Gasteiger charge is 2.43. The summed E-state index contributed by atoms with van der Waals surface area (Å²) in [6.07, 6.45) is -0.920. The van der Waals surface area contributed by atoms with Crippen molar-refractivity contribution in [2.24, 2.45) is 5.73 Å². The van der Waals surface area contributed by atoms with Crippen LogP contribution in [0, 0.1) is 28.5 Å². The van der Waals surface area contributed by atoms with Gasteiger partial charge in [0, 0.05) is 11.8 Å². The van der Waals surface area contributed by atoms with Crippen LogP contribution in [0.2, 0.25) is 0 Å². The molecule has 34 heavy (non-hydrogen) atoms. The summed E-state index contributed by atoms with van der Waals surface area (Å²) in [4.78, 5) is 20.7. The number of rotatable bonds is 4. The van der Waals surface area contributed by atoms with Gasteiger partial charge in [0.2, 0.25) is 0 Å². The van der Waals surface area contributed by atoms with E-state index in [1.165, 1.54) is 18.5 Å². The highest BCUT2D eigenvalue weighted by atomic mass is 19.4. The molecule has 0 saturated heterocycles. The zero-order valence-corrected chi connectivity index (χ0v) is 16.5. The third-order valence-electron chi connectivity index (χ3n) is 4.42. The van der Waals surface area contributed by atoms with E-state index in [0.717, 1.165) is 17.1 Å². The summed E-state index contributed by atoms with van der Waals surface area (Å²) in [5, 5.41) is 30.2. The Hall–Kier alpha value is -5.18. The maximum absolute atomic E-state index is 14.1. The maximum atomic E-state index is 14.1. The molecule has 0 aliphatic carbocycles. The van der Waals surface area contributed by atoms with Gasteiger partial charge in [-0.15, -0.1) is 4.80 Å². The number of carbonyl (C=O) groups is 1. The minimum Gasteiger partial charge on any atom is -0.365 e. The molecule has 0 aliphatic rings. The minimum absolute atomic E-state index is 0.0284. The summed E-state index contributed by atoms with van der Waals surface area (Å²) in [7, 11) is 0. The van der Waals surface area contributed by atoms with Crippen molar-refractivity contribution in [2.75, 3.05) is 0 Å². The highest BCUT2D eigenvalue weighted by molar-refractivity contribution is 6.00. The second kappa shape index (κ2) is 8.06. The summed E-state index contributed by atoms with van der Waals surface area (Å²) in [6, 6.07) is 5.13. The van der Waals surface area contributed by atoms with Crippen LogP contribution in [-0.4, -0.2) is 40.6 Å². The Morgan fingerprint density at radius 2 is 1.62 bits per heavy atom. The third kappa shape index (κ3) is 3.67. The van der Waals surface area contributed by atoms with E-state index in [-0.39, 0.29) is 21.6 Å². The Kier molecular flexibility index (Phi) is 5.22. The van der Waals surface area contributed by atoms with E-state index in [9.17, 15) is 32.9 Å². The molecule has 0 fully saturated rings. The number of halogens is 4. The van der Waals surface area contributed by atoms with Crippen molar-refractivity contribution in [3.63, 3.8) is 0 Å². The van der Waals surface area contributed by atoms with Crippen LogP contribution in [-0.2, 0) is 6.18 Å². The van der Waals surface area contributed by atoms with Crippen LogP contribution < -0.4 is 5.73 Å². The van der Waals surface area contributed by atoms with Gasteiger partial charge in [-0.2, -0.15) is 39.0 Å². The molecule has 0 radical (unpaired) electrons. The van der Waals surface area contributed by atoms with E-state index in [1.807, 2.05) is 6.07 Å². The first kappa shape index (κ1) is 22.0. The van der Waals surface area contributed by atoms with Crippen molar-refractivity contribution in [1.29, 1.82) is 10.5 Å². The first-order chi connectivity index (χ1) is 16.2. The Morgan fingerprint density at radius 1 is 1.00 bits per heavy atom. The van der Waals surface area contributed by atoms with Gasteiger partial charge in [-0.1, -0.05) is 0 Å². The van der Waals surface area contributed by atoms with E-state index in [4.69, 9.17) is 5.73 Å². The van der Waals surface area contributed by atoms with E-state index in [2.05, 4.69) is 25.3 Å². The largest absolute Gasteiger partial charge is 0.434 e. The monoisotopic (exact) mass is 468 g/mol. The number of hydrogen-bond donors (Lipinski definition) is 1. The van der Waals surface area contributed by atoms with Crippen molar-refractivity contribution < 1.29 is 22.4 Å². The van der Waals surface area contributed by atoms with Gasteiger partial charge in [0.25, 0.3) is 5.91 Å². The molecule has 1 amide bonds. The van der Waals surface area contributed by atoms with Gasteiger partial charge in [0.05, 0.1) is 35.3 Å². The first-order valence-corrected chi connectivity index (χ1v) is 8.99. The van der Waals surface area contributed by atoms with E-state index < -0.39 is 46.2 Å². The van der Waals surface area contributed by atoms with Crippen LogP contribution in [0.3, 0.4) is 0 Å². The third-order valence-corrected chi connectivity index (χ3v) is 4.42. The number of primary amides is 1. The molecule has 0 saturated carbocycles. The molecule has 4 aromatic heterocycles. The summed E-state index contributed by atoms with van der Waals surface area (Å²) >= 11 is 0. The molecule has 0 spiro atoms. The van der Waals surface area contributed by atoms with Crippen LogP contribution in [0.25, 0.3) is 22.9 Å². The Labute approximate surface area is 186 Å². The molecule has 11 nitrogen and oxygen atoms in total. The van der Waals surface area contributed by atoms with E-state index in [0.29, 0.717) is 12.3 Å². The number of amides is 1. The molecule has 15 heteroatoms. The number of alkyl halides is 3. The topological polar surface area (TPSA) is 165 Å². The SMILES string of the molecule is N#Cc1cc(-c2nn(-c3ncc(F)cc3C#N)c(C(F)(F)F)c2C(N)=O)cnc1-n1nccn1. The second-order valence-electron chi connectivity index (χ2n) is 6.51. The normalized spacial score (nSPS) is 11.1. The summed E-state index contributed by atoms with van der Waals surface area (Å²) in [5.74, 6) is -3.18. The number of hydrogen-bond acceptors (Lipinski definition) is 8. The molecule has 168 valence electrons. The van der Waals surface area contributed by atoms with Crippen LogP contribution in [0.5, 0.6) is 0 Å². The molecule has 4 aromatic rings. The molecule has 2 N–H and O–H groups in total. The summed E-state index contributed by atoms with van der Waals surface area (Å²) in [5.41, 5.74) is 1.09. The van der Waals surface area contributed by atoms with Crippen molar-refractivity contribution in [2.45, 2.75) is 6.18 Å². The first-order valence-electron chi connectivity index (χ1n) is 8.99. The van der Waals surface area contributed by atoms with Gasteiger partial charge in [0.15, 0.2) is 17.3 Å². The lowest BCUT2D eigenvalue weighted by molar-refractivity contribution is -0.143. The molecule has 0 bridgehead atoms. The Bertz CT molecular complexity index is 1510. The Balaban J connectivity index is 2.03. The molecule has 0 unspecified atom stereocenters. The fourth-order valence-corrected chi connectivity index (χ4v) is 3.11. The summed E-state index contributed by atoms with van der Waals surface area (Å²) < 4.78 is 55.9. The van der Waals surface area contributed by atoms with Crippen molar-refractivity contribution >= 4 is 5.91 Å². The van der Waals surface area contributed by atoms with Crippen LogP contribution >= 0.6 is 0 Å². The molecular weight excluding hydrogens is 460 g/mol. The standard InChI is InChI=1S/C19H8F4N10O/c20-12-4-10(6-25)17(28-8-12)32-15(19(21,22)23)13(16(26)34)14(31-32)11-3-9(5-24)18(27-7-11)33-29-1-2-30-33/h1-4,7-8H,(H2,26,34). The highest BCUT2D eigenvalue weighted by Crippen LogP contribution is 2.38. The Morgan fingerprint density at radius 3 is 2.21 bits per heavy atom. The summed E-state index contributed by atoms with van der Waals surface area (Å²) in [6.45, 7) is 0. The number of aromatic nitrogens is 7. The van der Waals surface area contributed by atoms with E-state index >= 15 is 0 Å². The van der Waals surface area contributed by atoms with Gasteiger partial charge < -0.3 is 5.73 Å². The molecule has 4 heterocycles. The van der Waals surface area contributed by atoms with Gasteiger partial charge in [-0.05, 0) is 12.1 Å². The fourth-order valence-electron chi connectivity index (χ4n) is 3.11. The van der Waals surface area contributed by atoms with Gasteiger partial charge >= 0.3 is 6.18 Å². The van der Waals surface area contributed by atoms with Crippen molar-refractivity contribution in [3.8, 4) is 35.0 Å². The van der Waals surface area contributed by atoms with Gasteiger partial charge in [0.1, 0.15) is 23.6 Å². The van der Waals surface area contributed by atoms with Crippen molar-refractivity contribution in [1.82, 2.24) is 34.7 Å². The predicted octanol–water partition coefficient (Wildman–Crippen LogP) is 1.91. The molecular formula is C19H8F4N10O. The zero-order valence-electron chi connectivity index (χ0n) is 16.5. The van der Waals surface area contributed by atoms with Crippen molar-refractivity contribution in [3.05, 3.63) is 65.1 Å². The quantitative estimate of drug-likeness (QED) is 0.444. The minimum atomic E-state index is -5.19. The molecule has 4 rings (SSSR count). The predicted molar refractivity (Wildman–Crippen MR) is 102 cm³/mol. The number of nitrogens with two attached hydrogens (primary N) is 1. The maximum Gasteiger partial charge on any atom is 0.434 e. The van der Waals surface area contributed by atoms with Crippen LogP contribution in [0.15, 0.2) is 36.9 Å². The molecule has 0 aliphatic heterocycles. The number of carbonyl (C=O) groups excluding carboxylic acids is 1. The molecule has 0 atom stereocenters. The lowest BCUT2D eigenvalue weighted by Crippen LogP contribution is -2.22. The second-order valence-corrected chi connectivity index (χ2v) is 6.51. The lowest BCUT2D eigenvalue weighted by atomic mass is 10.0. The average Bonchev–Trinajstić information content (AvgIpc) is 3.46. The zero-order chi connectivity index (χ0) is 24.6. The lowest BCUT2D eigenvalue weighted by Gasteiger charge is -2.11. The van der Waals surface area contributed by atoms with E-state index in [1.54, 1.807) is 0 Å².